The van der Waals surface area contributed by atoms with E-state index in [9.17, 15) is 4.79 Å². The number of methoxy groups -OCH3 is 2. The van der Waals surface area contributed by atoms with Gasteiger partial charge in [-0.1, -0.05) is 23.8 Å². The lowest BCUT2D eigenvalue weighted by Gasteiger charge is -2.22. The predicted octanol–water partition coefficient (Wildman–Crippen LogP) is 4.72. The normalized spacial score (nSPS) is 10.7. The van der Waals surface area contributed by atoms with Crippen LogP contribution in [0.5, 0.6) is 11.5 Å². The number of benzene rings is 2. The maximum Gasteiger partial charge on any atom is 0.254 e. The van der Waals surface area contributed by atoms with Crippen molar-refractivity contribution in [2.45, 2.75) is 26.5 Å². The van der Waals surface area contributed by atoms with Gasteiger partial charge in [-0.05, 0) is 43.7 Å². The molecule has 1 heterocycles. The van der Waals surface area contributed by atoms with Crippen LogP contribution in [0.2, 0.25) is 0 Å². The lowest BCUT2D eigenvalue weighted by atomic mass is 10.1. The van der Waals surface area contributed by atoms with Crippen molar-refractivity contribution in [1.29, 1.82) is 0 Å². The van der Waals surface area contributed by atoms with E-state index in [4.69, 9.17) is 14.2 Å². The molecule has 6 nitrogen and oxygen atoms in total. The molecule has 0 saturated heterocycles. The number of thiazole rings is 1. The van der Waals surface area contributed by atoms with E-state index in [1.165, 1.54) is 16.9 Å². The van der Waals surface area contributed by atoms with Crippen LogP contribution in [0.15, 0.2) is 53.9 Å². The topological polar surface area (TPSA) is 60.9 Å². The lowest BCUT2D eigenvalue weighted by Crippen LogP contribution is -2.32. The highest BCUT2D eigenvalue weighted by Crippen LogP contribution is 2.19. The summed E-state index contributed by atoms with van der Waals surface area (Å²) in [6, 6.07) is 15.1. The van der Waals surface area contributed by atoms with Gasteiger partial charge in [-0.2, -0.15) is 0 Å². The molecule has 0 aliphatic rings. The van der Waals surface area contributed by atoms with Crippen LogP contribution in [-0.4, -0.2) is 43.2 Å². The Balaban J connectivity index is 1.66. The number of aromatic nitrogens is 1. The van der Waals surface area contributed by atoms with Gasteiger partial charge < -0.3 is 19.1 Å². The van der Waals surface area contributed by atoms with Crippen molar-refractivity contribution >= 4 is 17.2 Å². The van der Waals surface area contributed by atoms with E-state index in [0.717, 1.165) is 22.9 Å². The van der Waals surface area contributed by atoms with Gasteiger partial charge in [0, 0.05) is 31.2 Å². The minimum Gasteiger partial charge on any atom is -0.497 e. The molecule has 0 spiro atoms. The molecule has 0 aliphatic carbocycles. The number of carbonyl (C=O) groups is 1. The van der Waals surface area contributed by atoms with E-state index >= 15 is 0 Å². The van der Waals surface area contributed by atoms with Crippen LogP contribution in [0.4, 0.5) is 0 Å². The maximum atomic E-state index is 13.1. The van der Waals surface area contributed by atoms with Gasteiger partial charge in [-0.15, -0.1) is 11.3 Å². The number of hydrogen-bond acceptors (Lipinski definition) is 6. The van der Waals surface area contributed by atoms with Gasteiger partial charge in [0.1, 0.15) is 23.1 Å². The fourth-order valence-corrected chi connectivity index (χ4v) is 3.75. The number of aryl methyl sites for hydroxylation is 1. The summed E-state index contributed by atoms with van der Waals surface area (Å²) in [5, 5.41) is 2.86. The van der Waals surface area contributed by atoms with Gasteiger partial charge in [0.25, 0.3) is 5.91 Å². The minimum atomic E-state index is -0.0551. The summed E-state index contributed by atoms with van der Waals surface area (Å²) < 4.78 is 16.2. The van der Waals surface area contributed by atoms with Gasteiger partial charge in [-0.25, -0.2) is 4.98 Å². The standard InChI is InChI=1S/C24H28N2O4S/c1-18-8-10-21(11-9-18)30-16-23-25-20(17-31-23)15-26(12-5-13-28-2)24(27)19-6-4-7-22(14-19)29-3/h4,6-11,14,17H,5,12-13,15-16H2,1-3H3. The summed E-state index contributed by atoms with van der Waals surface area (Å²) in [5.74, 6) is 1.42. The Kier molecular flexibility index (Phi) is 8.44. The molecule has 0 bridgehead atoms. The first-order valence-corrected chi connectivity index (χ1v) is 11.0. The molecule has 31 heavy (non-hydrogen) atoms. The average molecular weight is 441 g/mol. The van der Waals surface area contributed by atoms with Crippen molar-refractivity contribution in [2.24, 2.45) is 0 Å². The van der Waals surface area contributed by atoms with Gasteiger partial charge in [0.05, 0.1) is 19.3 Å². The molecule has 3 rings (SSSR count). The number of rotatable bonds is 11. The third kappa shape index (κ3) is 6.80. The second-order valence-corrected chi connectivity index (χ2v) is 8.08. The molecule has 0 radical (unpaired) electrons. The summed E-state index contributed by atoms with van der Waals surface area (Å²) in [6.45, 7) is 4.05. The summed E-state index contributed by atoms with van der Waals surface area (Å²) in [4.78, 5) is 19.6. The highest BCUT2D eigenvalue weighted by molar-refractivity contribution is 7.09. The van der Waals surface area contributed by atoms with Crippen molar-refractivity contribution in [2.75, 3.05) is 27.4 Å². The van der Waals surface area contributed by atoms with Crippen molar-refractivity contribution in [1.82, 2.24) is 9.88 Å². The fraction of sp³-hybridized carbons (Fsp3) is 0.333. The first-order valence-electron chi connectivity index (χ1n) is 10.1. The van der Waals surface area contributed by atoms with Crippen LogP contribution >= 0.6 is 11.3 Å². The zero-order valence-corrected chi connectivity index (χ0v) is 19.0. The van der Waals surface area contributed by atoms with Crippen molar-refractivity contribution in [3.05, 3.63) is 75.7 Å². The molecule has 0 aliphatic heterocycles. The largest absolute Gasteiger partial charge is 0.497 e. The third-order valence-corrected chi connectivity index (χ3v) is 5.59. The molecule has 0 fully saturated rings. The van der Waals surface area contributed by atoms with E-state index in [-0.39, 0.29) is 5.91 Å². The Morgan fingerprint density at radius 2 is 1.90 bits per heavy atom. The van der Waals surface area contributed by atoms with Gasteiger partial charge >= 0.3 is 0 Å². The van der Waals surface area contributed by atoms with Crippen LogP contribution in [-0.2, 0) is 17.9 Å². The van der Waals surface area contributed by atoms with Crippen LogP contribution < -0.4 is 9.47 Å². The summed E-state index contributed by atoms with van der Waals surface area (Å²) in [7, 11) is 3.25. The van der Waals surface area contributed by atoms with E-state index in [1.807, 2.05) is 48.7 Å². The average Bonchev–Trinajstić information content (AvgIpc) is 3.25. The Labute approximate surface area is 187 Å². The van der Waals surface area contributed by atoms with E-state index in [0.29, 0.717) is 37.6 Å². The number of ether oxygens (including phenoxy) is 3. The van der Waals surface area contributed by atoms with Crippen LogP contribution in [0, 0.1) is 6.92 Å². The van der Waals surface area contributed by atoms with Crippen LogP contribution in [0.1, 0.15) is 33.0 Å². The molecule has 0 N–H and O–H groups in total. The molecule has 2 aromatic carbocycles. The Hall–Kier alpha value is -2.90. The van der Waals surface area contributed by atoms with Gasteiger partial charge in [-0.3, -0.25) is 4.79 Å². The quantitative estimate of drug-likeness (QED) is 0.404. The van der Waals surface area contributed by atoms with Gasteiger partial charge in [0.2, 0.25) is 0 Å². The van der Waals surface area contributed by atoms with Crippen molar-refractivity contribution in [3.63, 3.8) is 0 Å². The monoisotopic (exact) mass is 440 g/mol. The first-order chi connectivity index (χ1) is 15.1. The summed E-state index contributed by atoms with van der Waals surface area (Å²) in [5.41, 5.74) is 2.63. The molecule has 0 saturated carbocycles. The molecule has 0 unspecified atom stereocenters. The lowest BCUT2D eigenvalue weighted by molar-refractivity contribution is 0.0721. The van der Waals surface area contributed by atoms with Crippen LogP contribution in [0.25, 0.3) is 0 Å². The zero-order chi connectivity index (χ0) is 22.1. The maximum absolute atomic E-state index is 13.1. The second-order valence-electron chi connectivity index (χ2n) is 7.14. The SMILES string of the molecule is COCCCN(Cc1csc(COc2ccc(C)cc2)n1)C(=O)c1cccc(OC)c1. The Bertz CT molecular complexity index is 972. The highest BCUT2D eigenvalue weighted by atomic mass is 32.1. The van der Waals surface area contributed by atoms with Crippen molar-refractivity contribution in [3.8, 4) is 11.5 Å². The summed E-state index contributed by atoms with van der Waals surface area (Å²) in [6.07, 6.45) is 0.750. The molecular formula is C24H28N2O4S. The molecule has 1 aromatic heterocycles. The van der Waals surface area contributed by atoms with Crippen molar-refractivity contribution < 1.29 is 19.0 Å². The summed E-state index contributed by atoms with van der Waals surface area (Å²) >= 11 is 1.54. The van der Waals surface area contributed by atoms with E-state index < -0.39 is 0 Å². The Morgan fingerprint density at radius 1 is 1.10 bits per heavy atom. The third-order valence-electron chi connectivity index (χ3n) is 4.72. The number of carbonyl (C=O) groups excluding carboxylic acids is 1. The number of amides is 1. The molecule has 7 heteroatoms. The minimum absolute atomic E-state index is 0.0551. The zero-order valence-electron chi connectivity index (χ0n) is 18.2. The Morgan fingerprint density at radius 3 is 2.65 bits per heavy atom. The highest BCUT2D eigenvalue weighted by Gasteiger charge is 2.18. The van der Waals surface area contributed by atoms with Gasteiger partial charge in [0.15, 0.2) is 0 Å². The fourth-order valence-electron chi connectivity index (χ4n) is 3.05. The van der Waals surface area contributed by atoms with E-state index in [1.54, 1.807) is 31.3 Å². The number of nitrogens with zero attached hydrogens (tertiary/aromatic N) is 2. The molecule has 164 valence electrons. The number of hydrogen-bond donors (Lipinski definition) is 0. The first kappa shape index (κ1) is 22.8. The predicted molar refractivity (Wildman–Crippen MR) is 122 cm³/mol. The molecule has 3 aromatic rings. The molecule has 0 atom stereocenters. The second kappa shape index (κ2) is 11.5. The molecular weight excluding hydrogens is 412 g/mol. The van der Waals surface area contributed by atoms with Crippen LogP contribution in [0.3, 0.4) is 0 Å². The van der Waals surface area contributed by atoms with E-state index in [2.05, 4.69) is 4.98 Å². The smallest absolute Gasteiger partial charge is 0.254 e. The molecule has 1 amide bonds.